The fourth-order valence-electron chi connectivity index (χ4n) is 1.46. The van der Waals surface area contributed by atoms with Gasteiger partial charge in [0.15, 0.2) is 0 Å². The number of rotatable bonds is 2. The standard InChI is InChI=1S/C12H12N2O/c1-9-5-4-8-14-11(9)12(15)10-6-2-3-7-13-10/h2-8,12,15H,1H3. The summed E-state index contributed by atoms with van der Waals surface area (Å²) in [6.07, 6.45) is 2.60. The summed E-state index contributed by atoms with van der Waals surface area (Å²) in [4.78, 5) is 8.27. The number of aliphatic hydroxyl groups excluding tert-OH is 1. The summed E-state index contributed by atoms with van der Waals surface area (Å²) in [7, 11) is 0. The maximum atomic E-state index is 10.0. The Labute approximate surface area is 88.5 Å². The van der Waals surface area contributed by atoms with E-state index in [1.54, 1.807) is 18.5 Å². The highest BCUT2D eigenvalue weighted by Gasteiger charge is 2.14. The van der Waals surface area contributed by atoms with Crippen LogP contribution in [0.25, 0.3) is 0 Å². The Hall–Kier alpha value is -1.74. The topological polar surface area (TPSA) is 46.0 Å². The van der Waals surface area contributed by atoms with Gasteiger partial charge < -0.3 is 5.11 Å². The largest absolute Gasteiger partial charge is 0.380 e. The Morgan fingerprint density at radius 3 is 2.53 bits per heavy atom. The Bertz CT molecular complexity index is 442. The fraction of sp³-hybridized carbons (Fsp3) is 0.167. The zero-order valence-electron chi connectivity index (χ0n) is 8.46. The number of pyridine rings is 2. The maximum Gasteiger partial charge on any atom is 0.138 e. The first-order chi connectivity index (χ1) is 7.29. The first-order valence-electron chi connectivity index (χ1n) is 4.79. The highest BCUT2D eigenvalue weighted by molar-refractivity contribution is 5.26. The van der Waals surface area contributed by atoms with Gasteiger partial charge in [0.25, 0.3) is 0 Å². The van der Waals surface area contributed by atoms with Crippen LogP contribution in [0.4, 0.5) is 0 Å². The first-order valence-corrected chi connectivity index (χ1v) is 4.79. The van der Waals surface area contributed by atoms with E-state index in [0.717, 1.165) is 5.56 Å². The first kappa shape index (κ1) is 9.80. The van der Waals surface area contributed by atoms with Crippen molar-refractivity contribution in [3.63, 3.8) is 0 Å². The number of hydrogen-bond donors (Lipinski definition) is 1. The van der Waals surface area contributed by atoms with Crippen LogP contribution in [0.3, 0.4) is 0 Å². The van der Waals surface area contributed by atoms with Crippen LogP contribution < -0.4 is 0 Å². The second-order valence-corrected chi connectivity index (χ2v) is 3.36. The minimum Gasteiger partial charge on any atom is -0.380 e. The molecule has 0 saturated carbocycles. The van der Waals surface area contributed by atoms with Gasteiger partial charge in [-0.05, 0) is 30.7 Å². The zero-order chi connectivity index (χ0) is 10.7. The molecule has 76 valence electrons. The lowest BCUT2D eigenvalue weighted by molar-refractivity contribution is 0.209. The molecule has 15 heavy (non-hydrogen) atoms. The highest BCUT2D eigenvalue weighted by Crippen LogP contribution is 2.20. The summed E-state index contributed by atoms with van der Waals surface area (Å²) in [5, 5.41) is 10.0. The molecule has 0 radical (unpaired) electrons. The van der Waals surface area contributed by atoms with Gasteiger partial charge in [-0.15, -0.1) is 0 Å². The number of aliphatic hydroxyl groups is 1. The quantitative estimate of drug-likeness (QED) is 0.804. The van der Waals surface area contributed by atoms with Gasteiger partial charge in [0.1, 0.15) is 6.10 Å². The van der Waals surface area contributed by atoms with Crippen molar-refractivity contribution >= 4 is 0 Å². The molecule has 1 unspecified atom stereocenters. The Balaban J connectivity index is 2.37. The zero-order valence-corrected chi connectivity index (χ0v) is 8.46. The molecule has 1 atom stereocenters. The molecule has 0 aromatic carbocycles. The van der Waals surface area contributed by atoms with Crippen molar-refractivity contribution in [2.24, 2.45) is 0 Å². The van der Waals surface area contributed by atoms with Crippen molar-refractivity contribution in [2.75, 3.05) is 0 Å². The van der Waals surface area contributed by atoms with Crippen LogP contribution in [-0.4, -0.2) is 15.1 Å². The van der Waals surface area contributed by atoms with Crippen molar-refractivity contribution in [3.05, 3.63) is 59.7 Å². The van der Waals surface area contributed by atoms with Crippen molar-refractivity contribution in [1.82, 2.24) is 9.97 Å². The van der Waals surface area contributed by atoms with E-state index in [-0.39, 0.29) is 0 Å². The van der Waals surface area contributed by atoms with Gasteiger partial charge >= 0.3 is 0 Å². The van der Waals surface area contributed by atoms with Gasteiger partial charge in [-0.25, -0.2) is 0 Å². The van der Waals surface area contributed by atoms with Gasteiger partial charge in [0.05, 0.1) is 11.4 Å². The second-order valence-electron chi connectivity index (χ2n) is 3.36. The van der Waals surface area contributed by atoms with Gasteiger partial charge in [-0.3, -0.25) is 9.97 Å². The molecule has 0 aliphatic rings. The summed E-state index contributed by atoms with van der Waals surface area (Å²) in [6.45, 7) is 1.93. The molecule has 0 bridgehead atoms. The Morgan fingerprint density at radius 1 is 1.07 bits per heavy atom. The van der Waals surface area contributed by atoms with Crippen LogP contribution in [0.2, 0.25) is 0 Å². The van der Waals surface area contributed by atoms with E-state index >= 15 is 0 Å². The van der Waals surface area contributed by atoms with E-state index in [9.17, 15) is 5.11 Å². The van der Waals surface area contributed by atoms with Crippen molar-refractivity contribution in [2.45, 2.75) is 13.0 Å². The lowest BCUT2D eigenvalue weighted by atomic mass is 10.1. The van der Waals surface area contributed by atoms with E-state index in [0.29, 0.717) is 11.4 Å². The molecule has 3 nitrogen and oxygen atoms in total. The van der Waals surface area contributed by atoms with Crippen molar-refractivity contribution < 1.29 is 5.11 Å². The van der Waals surface area contributed by atoms with Crippen molar-refractivity contribution in [1.29, 1.82) is 0 Å². The molecular weight excluding hydrogens is 188 g/mol. The third kappa shape index (κ3) is 2.02. The summed E-state index contributed by atoms with van der Waals surface area (Å²) in [6, 6.07) is 9.24. The molecular formula is C12H12N2O. The van der Waals surface area contributed by atoms with Gasteiger partial charge in [0, 0.05) is 12.4 Å². The Morgan fingerprint density at radius 2 is 1.87 bits per heavy atom. The third-order valence-corrected chi connectivity index (χ3v) is 2.28. The molecule has 0 aliphatic carbocycles. The molecule has 0 fully saturated rings. The average Bonchev–Trinajstić information content (AvgIpc) is 2.30. The molecule has 0 amide bonds. The molecule has 0 spiro atoms. The van der Waals surface area contributed by atoms with E-state index in [2.05, 4.69) is 9.97 Å². The monoisotopic (exact) mass is 200 g/mol. The summed E-state index contributed by atoms with van der Waals surface area (Å²) < 4.78 is 0. The summed E-state index contributed by atoms with van der Waals surface area (Å²) in [5.74, 6) is 0. The lowest BCUT2D eigenvalue weighted by Gasteiger charge is -2.11. The van der Waals surface area contributed by atoms with Gasteiger partial charge in [-0.1, -0.05) is 12.1 Å². The van der Waals surface area contributed by atoms with Crippen LogP contribution in [0.5, 0.6) is 0 Å². The van der Waals surface area contributed by atoms with Gasteiger partial charge in [-0.2, -0.15) is 0 Å². The molecule has 2 aromatic heterocycles. The van der Waals surface area contributed by atoms with Crippen LogP contribution in [0, 0.1) is 6.92 Å². The third-order valence-electron chi connectivity index (χ3n) is 2.28. The molecule has 2 rings (SSSR count). The van der Waals surface area contributed by atoms with Crippen LogP contribution >= 0.6 is 0 Å². The van der Waals surface area contributed by atoms with E-state index in [1.807, 2.05) is 31.2 Å². The molecule has 2 heterocycles. The predicted molar refractivity (Wildman–Crippen MR) is 57.3 cm³/mol. The summed E-state index contributed by atoms with van der Waals surface area (Å²) >= 11 is 0. The molecule has 1 N–H and O–H groups in total. The minimum absolute atomic E-state index is 0.624. The highest BCUT2D eigenvalue weighted by atomic mass is 16.3. The summed E-state index contributed by atoms with van der Waals surface area (Å²) in [5.41, 5.74) is 2.26. The molecule has 2 aromatic rings. The molecule has 3 heteroatoms. The molecule has 0 aliphatic heterocycles. The minimum atomic E-state index is -0.743. The predicted octanol–water partition coefficient (Wildman–Crippen LogP) is 1.87. The maximum absolute atomic E-state index is 10.0. The number of nitrogens with zero attached hydrogens (tertiary/aromatic N) is 2. The lowest BCUT2D eigenvalue weighted by Crippen LogP contribution is -2.05. The van der Waals surface area contributed by atoms with E-state index in [4.69, 9.17) is 0 Å². The Kier molecular flexibility index (Phi) is 2.74. The smallest absolute Gasteiger partial charge is 0.138 e. The van der Waals surface area contributed by atoms with Crippen molar-refractivity contribution in [3.8, 4) is 0 Å². The average molecular weight is 200 g/mol. The number of aromatic nitrogens is 2. The normalized spacial score (nSPS) is 12.4. The van der Waals surface area contributed by atoms with Crippen LogP contribution in [0.1, 0.15) is 23.1 Å². The SMILES string of the molecule is Cc1cccnc1C(O)c1ccccn1. The van der Waals surface area contributed by atoms with Gasteiger partial charge in [0.2, 0.25) is 0 Å². The fourth-order valence-corrected chi connectivity index (χ4v) is 1.46. The van der Waals surface area contributed by atoms with Crippen LogP contribution in [-0.2, 0) is 0 Å². The van der Waals surface area contributed by atoms with Crippen LogP contribution in [0.15, 0.2) is 42.7 Å². The van der Waals surface area contributed by atoms with E-state index < -0.39 is 6.10 Å². The number of hydrogen-bond acceptors (Lipinski definition) is 3. The molecule has 0 saturated heterocycles. The number of aryl methyl sites for hydroxylation is 1. The van der Waals surface area contributed by atoms with E-state index in [1.165, 1.54) is 0 Å². The second kappa shape index (κ2) is 4.19.